The Kier molecular flexibility index (Phi) is 4.60. The van der Waals surface area contributed by atoms with E-state index >= 15 is 0 Å². The molecule has 7 nitrogen and oxygen atoms in total. The van der Waals surface area contributed by atoms with E-state index in [0.29, 0.717) is 10.4 Å². The topological polar surface area (TPSA) is 88.0 Å². The van der Waals surface area contributed by atoms with Gasteiger partial charge in [0.1, 0.15) is 17.3 Å². The molecule has 0 radical (unpaired) electrons. The van der Waals surface area contributed by atoms with Gasteiger partial charge in [0.05, 0.1) is 16.9 Å². The number of hydrogen-bond donors (Lipinski definition) is 1. The first-order chi connectivity index (χ1) is 12.3. The monoisotopic (exact) mass is 385 g/mol. The van der Waals surface area contributed by atoms with Crippen molar-refractivity contribution in [3.63, 3.8) is 0 Å². The van der Waals surface area contributed by atoms with Crippen LogP contribution in [0.3, 0.4) is 0 Å². The molecule has 0 aliphatic carbocycles. The summed E-state index contributed by atoms with van der Waals surface area (Å²) in [6.45, 7) is -1.91. The van der Waals surface area contributed by atoms with E-state index in [1.807, 2.05) is 0 Å². The van der Waals surface area contributed by atoms with Crippen LogP contribution in [0, 0.1) is 12.7 Å². The van der Waals surface area contributed by atoms with E-state index in [9.17, 15) is 18.0 Å². The molecule has 2 aromatic heterocycles. The quantitative estimate of drug-likeness (QED) is 0.744. The average Bonchev–Trinajstić information content (AvgIpc) is 2.86. The molecule has 3 rings (SSSR count). The molecule has 2 N–H and O–H groups in total. The van der Waals surface area contributed by atoms with Crippen molar-refractivity contribution in [2.75, 3.05) is 5.73 Å². The van der Waals surface area contributed by atoms with E-state index in [2.05, 4.69) is 10.1 Å². The number of nitrogens with zero attached hydrogens (tertiary/aromatic N) is 4. The number of anilines is 1. The van der Waals surface area contributed by atoms with Crippen LogP contribution in [-0.2, 0) is 0 Å². The van der Waals surface area contributed by atoms with Crippen LogP contribution in [0.15, 0.2) is 35.3 Å². The molecule has 26 heavy (non-hydrogen) atoms. The lowest BCUT2D eigenvalue weighted by Gasteiger charge is -2.10. The van der Waals surface area contributed by atoms with Gasteiger partial charge in [-0.25, -0.2) is 18.7 Å². The molecule has 0 bridgehead atoms. The summed E-state index contributed by atoms with van der Waals surface area (Å²) in [7, 11) is 0. The van der Waals surface area contributed by atoms with Gasteiger partial charge >= 0.3 is 12.2 Å². The van der Waals surface area contributed by atoms with Gasteiger partial charge in [0, 0.05) is 12.1 Å². The van der Waals surface area contributed by atoms with Crippen LogP contribution in [0.1, 0.15) is 12.4 Å². The van der Waals surface area contributed by atoms with Crippen molar-refractivity contribution in [1.82, 2.24) is 19.3 Å². The maximum atomic E-state index is 14.3. The van der Waals surface area contributed by atoms with Crippen molar-refractivity contribution >= 4 is 17.3 Å². The zero-order valence-electron chi connectivity index (χ0n) is 13.2. The van der Waals surface area contributed by atoms with Crippen LogP contribution in [-0.4, -0.2) is 19.3 Å². The number of benzene rings is 1. The molecular formula is C15H11ClF3N5O2. The maximum absolute atomic E-state index is 14.3. The van der Waals surface area contributed by atoms with Crippen LogP contribution >= 0.6 is 11.6 Å². The van der Waals surface area contributed by atoms with Crippen molar-refractivity contribution in [1.29, 1.82) is 0 Å². The molecule has 0 unspecified atom stereocenters. The highest BCUT2D eigenvalue weighted by molar-refractivity contribution is 6.32. The third kappa shape index (κ3) is 3.23. The van der Waals surface area contributed by atoms with Gasteiger partial charge in [-0.05, 0) is 19.1 Å². The number of nitrogens with two attached hydrogens (primary N) is 1. The standard InChI is InChI=1S/C15H11ClF3N5O2/c1-7-22-24(15(25)23(7)14(18)19)11-5-12(9(16)4-10(11)17)26-13-3-2-8(20)6-21-13/h2-6,14H,20H2,1H3. The summed E-state index contributed by atoms with van der Waals surface area (Å²) < 4.78 is 46.2. The van der Waals surface area contributed by atoms with Gasteiger partial charge in [0.2, 0.25) is 5.88 Å². The first kappa shape index (κ1) is 17.8. The summed E-state index contributed by atoms with van der Waals surface area (Å²) in [5.41, 5.74) is 4.33. The van der Waals surface area contributed by atoms with E-state index < -0.39 is 23.7 Å². The Morgan fingerprint density at radius 1 is 1.31 bits per heavy atom. The third-order valence-corrected chi connectivity index (χ3v) is 3.67. The summed E-state index contributed by atoms with van der Waals surface area (Å²) in [4.78, 5) is 16.0. The number of nitrogen functional groups attached to an aromatic ring is 1. The van der Waals surface area contributed by atoms with Crippen LogP contribution in [0.4, 0.5) is 18.9 Å². The van der Waals surface area contributed by atoms with Crippen LogP contribution < -0.4 is 16.2 Å². The smallest absolute Gasteiger partial charge is 0.355 e. The van der Waals surface area contributed by atoms with Crippen molar-refractivity contribution in [3.8, 4) is 17.3 Å². The van der Waals surface area contributed by atoms with E-state index in [4.69, 9.17) is 22.1 Å². The number of ether oxygens (including phenoxy) is 1. The molecule has 0 amide bonds. The van der Waals surface area contributed by atoms with Gasteiger partial charge < -0.3 is 10.5 Å². The molecule has 0 aliphatic heterocycles. The van der Waals surface area contributed by atoms with Crippen molar-refractivity contribution in [2.24, 2.45) is 0 Å². The first-order valence-electron chi connectivity index (χ1n) is 7.13. The van der Waals surface area contributed by atoms with Gasteiger partial charge in [-0.3, -0.25) is 0 Å². The fraction of sp³-hybridized carbons (Fsp3) is 0.133. The molecule has 2 heterocycles. The Hall–Kier alpha value is -3.01. The highest BCUT2D eigenvalue weighted by atomic mass is 35.5. The van der Waals surface area contributed by atoms with Gasteiger partial charge in [-0.2, -0.15) is 13.5 Å². The lowest BCUT2D eigenvalue weighted by molar-refractivity contribution is 0.0640. The Bertz CT molecular complexity index is 1020. The van der Waals surface area contributed by atoms with E-state index in [1.54, 1.807) is 0 Å². The van der Waals surface area contributed by atoms with Crippen molar-refractivity contribution in [2.45, 2.75) is 13.5 Å². The molecule has 1 aromatic carbocycles. The lowest BCUT2D eigenvalue weighted by Crippen LogP contribution is -2.25. The summed E-state index contributed by atoms with van der Waals surface area (Å²) in [6, 6.07) is 4.93. The second-order valence-electron chi connectivity index (χ2n) is 5.16. The second kappa shape index (κ2) is 6.71. The van der Waals surface area contributed by atoms with Crippen LogP contribution in [0.5, 0.6) is 11.6 Å². The number of halogens is 4. The predicted molar refractivity (Wildman–Crippen MR) is 87.5 cm³/mol. The molecule has 0 spiro atoms. The highest BCUT2D eigenvalue weighted by Crippen LogP contribution is 2.32. The average molecular weight is 386 g/mol. The molecular weight excluding hydrogens is 375 g/mol. The lowest BCUT2D eigenvalue weighted by atomic mass is 10.3. The molecule has 136 valence electrons. The Morgan fingerprint density at radius 2 is 2.04 bits per heavy atom. The third-order valence-electron chi connectivity index (χ3n) is 3.38. The molecule has 0 saturated heterocycles. The van der Waals surface area contributed by atoms with Gasteiger partial charge in [-0.15, -0.1) is 5.10 Å². The molecule has 0 atom stereocenters. The number of rotatable bonds is 4. The molecule has 0 fully saturated rings. The Morgan fingerprint density at radius 3 is 2.62 bits per heavy atom. The zero-order chi connectivity index (χ0) is 19.0. The van der Waals surface area contributed by atoms with E-state index in [-0.39, 0.29) is 27.0 Å². The highest BCUT2D eigenvalue weighted by Gasteiger charge is 2.21. The molecule has 11 heteroatoms. The molecule has 0 aliphatic rings. The summed E-state index contributed by atoms with van der Waals surface area (Å²) in [6.07, 6.45) is 1.34. The normalized spacial score (nSPS) is 11.2. The fourth-order valence-corrected chi connectivity index (χ4v) is 2.37. The van der Waals surface area contributed by atoms with Crippen molar-refractivity contribution < 1.29 is 17.9 Å². The SMILES string of the molecule is Cc1nn(-c2cc(Oc3ccc(N)cn3)c(Cl)cc2F)c(=O)n1C(F)F. The van der Waals surface area contributed by atoms with Gasteiger partial charge in [-0.1, -0.05) is 11.6 Å². The number of aromatic nitrogens is 4. The minimum Gasteiger partial charge on any atom is -0.437 e. The van der Waals surface area contributed by atoms with Crippen LogP contribution in [0.2, 0.25) is 5.02 Å². The summed E-state index contributed by atoms with van der Waals surface area (Å²) in [5, 5.41) is 3.56. The number of alkyl halides is 2. The van der Waals surface area contributed by atoms with E-state index in [1.165, 1.54) is 25.3 Å². The Balaban J connectivity index is 2.08. The largest absolute Gasteiger partial charge is 0.437 e. The zero-order valence-corrected chi connectivity index (χ0v) is 13.9. The van der Waals surface area contributed by atoms with Crippen molar-refractivity contribution in [3.05, 3.63) is 57.6 Å². The minimum atomic E-state index is -3.11. The number of aryl methyl sites for hydroxylation is 1. The van der Waals surface area contributed by atoms with E-state index in [0.717, 1.165) is 12.1 Å². The Labute approximate surface area is 149 Å². The molecule has 3 aromatic rings. The predicted octanol–water partition coefficient (Wildman–Crippen LogP) is 3.30. The van der Waals surface area contributed by atoms with Gasteiger partial charge in [0.25, 0.3) is 0 Å². The summed E-state index contributed by atoms with van der Waals surface area (Å²) >= 11 is 5.95. The van der Waals surface area contributed by atoms with Gasteiger partial charge in [0.15, 0.2) is 5.82 Å². The number of pyridine rings is 1. The van der Waals surface area contributed by atoms with Crippen LogP contribution in [0.25, 0.3) is 5.69 Å². The summed E-state index contributed by atoms with van der Waals surface area (Å²) in [5.74, 6) is -1.15. The second-order valence-corrected chi connectivity index (χ2v) is 5.56. The fourth-order valence-electron chi connectivity index (χ4n) is 2.18. The first-order valence-corrected chi connectivity index (χ1v) is 7.51. The molecule has 0 saturated carbocycles. The maximum Gasteiger partial charge on any atom is 0.355 e. The minimum absolute atomic E-state index is 0.0449. The number of hydrogen-bond acceptors (Lipinski definition) is 5.